The molecule has 0 saturated carbocycles. The lowest BCUT2D eigenvalue weighted by atomic mass is 10.2. The van der Waals surface area contributed by atoms with Crippen LogP contribution in [0, 0.1) is 0 Å². The first-order valence-corrected chi connectivity index (χ1v) is 6.72. The second kappa shape index (κ2) is 7.29. The van der Waals surface area contributed by atoms with Crippen molar-refractivity contribution in [3.8, 4) is 5.75 Å². The van der Waals surface area contributed by atoms with Gasteiger partial charge in [0.1, 0.15) is 14.3 Å². The fourth-order valence-electron chi connectivity index (χ4n) is 1.71. The fourth-order valence-corrected chi connectivity index (χ4v) is 2.28. The smallest absolute Gasteiger partial charge is 0.228 e. The normalized spacial score (nSPS) is 13.6. The number of benzene rings is 2. The summed E-state index contributed by atoms with van der Waals surface area (Å²) >= 11 is 11.8. The largest absolute Gasteiger partial charge is 0.463 e. The number of ether oxygens (including phenoxy) is 1. The summed E-state index contributed by atoms with van der Waals surface area (Å²) in [5.41, 5.74) is 7.31. The van der Waals surface area contributed by atoms with E-state index in [9.17, 15) is 4.39 Å². The Labute approximate surface area is 135 Å². The van der Waals surface area contributed by atoms with Crippen molar-refractivity contribution in [2.24, 2.45) is 10.7 Å². The van der Waals surface area contributed by atoms with Crippen molar-refractivity contribution in [3.63, 3.8) is 0 Å². The van der Waals surface area contributed by atoms with Gasteiger partial charge in [-0.3, -0.25) is 4.99 Å². The van der Waals surface area contributed by atoms with Crippen LogP contribution in [0.2, 0.25) is 10.0 Å². The van der Waals surface area contributed by atoms with Gasteiger partial charge in [-0.25, -0.2) is 4.39 Å². The van der Waals surface area contributed by atoms with Crippen molar-refractivity contribution in [1.29, 1.82) is 0 Å². The number of nitrogens with zero attached hydrogens (tertiary/aromatic N) is 1. The minimum Gasteiger partial charge on any atom is -0.463 e. The van der Waals surface area contributed by atoms with Gasteiger partial charge in [0.25, 0.3) is 0 Å². The molecule has 0 fully saturated rings. The first-order valence-electron chi connectivity index (χ1n) is 6.96. The van der Waals surface area contributed by atoms with Gasteiger partial charge in [-0.15, -0.1) is 0 Å². The Hall–Kier alpha value is -1.78. The molecule has 2 N–H and O–H groups in total. The zero-order valence-corrected chi connectivity index (χ0v) is 12.3. The molecular weight excluding hydrogens is 313 g/mol. The van der Waals surface area contributed by atoms with Crippen LogP contribution in [0.1, 0.15) is 13.9 Å². The molecule has 0 unspecified atom stereocenters. The van der Waals surface area contributed by atoms with E-state index in [0.29, 0.717) is 22.2 Å². The summed E-state index contributed by atoms with van der Waals surface area (Å²) < 4.78 is 30.6. The molecule has 0 bridgehead atoms. The van der Waals surface area contributed by atoms with Gasteiger partial charge >= 0.3 is 0 Å². The van der Waals surface area contributed by atoms with Crippen LogP contribution < -0.4 is 10.5 Å². The molecule has 0 amide bonds. The first-order chi connectivity index (χ1) is 10.7. The van der Waals surface area contributed by atoms with Crippen LogP contribution in [0.5, 0.6) is 5.75 Å². The van der Waals surface area contributed by atoms with Gasteiger partial charge in [0.05, 0.1) is 6.54 Å². The predicted octanol–water partition coefficient (Wildman–Crippen LogP) is 4.20. The van der Waals surface area contributed by atoms with Crippen molar-refractivity contribution in [1.82, 2.24) is 0 Å². The molecule has 0 radical (unpaired) electrons. The van der Waals surface area contributed by atoms with Crippen molar-refractivity contribution in [2.45, 2.75) is 6.54 Å². The molecule has 3 nitrogen and oxygen atoms in total. The number of aliphatic imine (C=N–C) groups is 1. The maximum atomic E-state index is 12.7. The summed E-state index contributed by atoms with van der Waals surface area (Å²) in [6.07, 6.45) is 0. The van der Waals surface area contributed by atoms with Gasteiger partial charge in [-0.05, 0) is 48.0 Å². The average Bonchev–Trinajstić information content (AvgIpc) is 2.43. The molecule has 2 rings (SSSR count). The Morgan fingerprint density at radius 1 is 1.19 bits per heavy atom. The number of alkyl halides is 1. The third kappa shape index (κ3) is 4.62. The quantitative estimate of drug-likeness (QED) is 0.660. The van der Waals surface area contributed by atoms with Crippen molar-refractivity contribution in [2.75, 3.05) is 6.81 Å². The summed E-state index contributed by atoms with van der Waals surface area (Å²) in [7, 11) is 0. The monoisotopic (exact) mass is 327 g/mol. The van der Waals surface area contributed by atoms with E-state index in [1.54, 1.807) is 30.3 Å². The molecule has 110 valence electrons. The van der Waals surface area contributed by atoms with Crippen molar-refractivity contribution in [3.05, 3.63) is 63.6 Å². The Kier molecular flexibility index (Phi) is 4.49. The lowest BCUT2D eigenvalue weighted by molar-refractivity contribution is 0.192. The maximum Gasteiger partial charge on any atom is 0.228 e. The minimum atomic E-state index is -3.23. The molecular formula is C15H13Cl2FN2O. The first kappa shape index (κ1) is 12.9. The van der Waals surface area contributed by atoms with E-state index in [4.69, 9.17) is 31.7 Å². The highest BCUT2D eigenvalue weighted by molar-refractivity contribution is 6.34. The van der Waals surface area contributed by atoms with Crippen LogP contribution in [0.3, 0.4) is 0 Å². The van der Waals surface area contributed by atoms with E-state index in [1.165, 1.54) is 12.1 Å². The predicted molar refractivity (Wildman–Crippen MR) is 83.9 cm³/mol. The van der Waals surface area contributed by atoms with E-state index < -0.39 is 6.81 Å². The van der Waals surface area contributed by atoms with E-state index in [0.717, 1.165) is 5.56 Å². The minimum absolute atomic E-state index is 0.0515. The summed E-state index contributed by atoms with van der Waals surface area (Å²) in [5, 5.41) is 1.03. The number of hydrogen-bond donors (Lipinski definition) is 1. The van der Waals surface area contributed by atoms with Gasteiger partial charge in [-0.2, -0.15) is 0 Å². The van der Waals surface area contributed by atoms with Crippen LogP contribution >= 0.6 is 23.2 Å². The highest BCUT2D eigenvalue weighted by Crippen LogP contribution is 2.19. The molecule has 2 aromatic rings. The van der Waals surface area contributed by atoms with E-state index in [2.05, 4.69) is 9.73 Å². The average molecular weight is 328 g/mol. The summed E-state index contributed by atoms with van der Waals surface area (Å²) in [6, 6.07) is 11.0. The third-order valence-electron chi connectivity index (χ3n) is 2.66. The number of rotatable bonds is 5. The number of amidine groups is 1. The van der Waals surface area contributed by atoms with Gasteiger partial charge in [0, 0.05) is 15.6 Å². The van der Waals surface area contributed by atoms with Gasteiger partial charge in [0.15, 0.2) is 0 Å². The van der Waals surface area contributed by atoms with Crippen LogP contribution in [0.15, 0.2) is 47.5 Å². The van der Waals surface area contributed by atoms with E-state index >= 15 is 0 Å². The van der Waals surface area contributed by atoms with E-state index in [1.807, 2.05) is 0 Å². The molecule has 0 heterocycles. The number of halogens is 3. The molecule has 0 aromatic heterocycles. The van der Waals surface area contributed by atoms with Crippen LogP contribution in [-0.2, 0) is 6.54 Å². The third-order valence-corrected chi connectivity index (χ3v) is 3.10. The standard InChI is InChI=1S/C15H13Cl2FN2O/c16-12-5-10(6-13(17)7-12)8-20-15(19)11-1-3-14(4-2-11)21-9-18/h1-7H,8-9H2,(H2,19,20)/i9D2,18-1. The summed E-state index contributed by atoms with van der Waals surface area (Å²) in [5.74, 6) is 0.326. The summed E-state index contributed by atoms with van der Waals surface area (Å²) in [4.78, 5) is 4.24. The number of nitrogens with two attached hydrogens (primary N) is 1. The van der Waals surface area contributed by atoms with Crippen LogP contribution in [0.4, 0.5) is 4.39 Å². The highest BCUT2D eigenvalue weighted by atomic mass is 35.5. The van der Waals surface area contributed by atoms with Gasteiger partial charge in [0.2, 0.25) is 6.81 Å². The number of hydrogen-bond acceptors (Lipinski definition) is 2. The Morgan fingerprint density at radius 3 is 2.38 bits per heavy atom. The zero-order valence-electron chi connectivity index (χ0n) is 12.8. The molecule has 0 atom stereocenters. The molecule has 2 aromatic carbocycles. The molecule has 0 aliphatic rings. The van der Waals surface area contributed by atoms with Crippen molar-refractivity contribution >= 4 is 29.0 Å². The molecule has 21 heavy (non-hydrogen) atoms. The van der Waals surface area contributed by atoms with Crippen molar-refractivity contribution < 1.29 is 11.9 Å². The lowest BCUT2D eigenvalue weighted by Gasteiger charge is -2.05. The van der Waals surface area contributed by atoms with Crippen LogP contribution in [0.25, 0.3) is 0 Å². The highest BCUT2D eigenvalue weighted by Gasteiger charge is 2.01. The second-order valence-electron chi connectivity index (χ2n) is 4.18. The van der Waals surface area contributed by atoms with Gasteiger partial charge < -0.3 is 10.5 Å². The molecule has 0 aliphatic carbocycles. The lowest BCUT2D eigenvalue weighted by Crippen LogP contribution is -2.13. The fraction of sp³-hybridized carbons (Fsp3) is 0.133. The van der Waals surface area contributed by atoms with Gasteiger partial charge in [-0.1, -0.05) is 23.2 Å². The Morgan fingerprint density at radius 2 is 1.81 bits per heavy atom. The molecule has 0 saturated heterocycles. The molecule has 0 spiro atoms. The Balaban J connectivity index is 2.08. The molecule has 0 aliphatic heterocycles. The summed E-state index contributed by atoms with van der Waals surface area (Å²) in [6.45, 7) is -2.93. The topological polar surface area (TPSA) is 47.6 Å². The Bertz CT molecular complexity index is 698. The SMILES string of the molecule is [2H]C([2H])([18F])Oc1ccc(C(N)=NCc2cc(Cl)cc(Cl)c2)cc1. The molecule has 6 heteroatoms. The zero-order chi connectivity index (χ0) is 17.0. The van der Waals surface area contributed by atoms with E-state index in [-0.39, 0.29) is 11.6 Å². The second-order valence-corrected chi connectivity index (χ2v) is 5.06. The maximum absolute atomic E-state index is 12.7. The van der Waals surface area contributed by atoms with Crippen LogP contribution in [-0.4, -0.2) is 12.6 Å².